The molecule has 0 aliphatic heterocycles. The average Bonchev–Trinajstić information content (AvgIpc) is 2.42. The maximum Gasteiger partial charge on any atom is 0.0822 e. The SMILES string of the molecule is [O]CCCCCCCCCCCC1CCCCC1. The molecule has 1 fully saturated rings. The number of hydrogen-bond acceptors (Lipinski definition) is 0. The Morgan fingerprint density at radius 3 is 1.67 bits per heavy atom. The van der Waals surface area contributed by atoms with Crippen molar-refractivity contribution in [1.82, 2.24) is 0 Å². The van der Waals surface area contributed by atoms with Crippen LogP contribution in [-0.2, 0) is 5.11 Å². The Bertz CT molecular complexity index is 161. The minimum absolute atomic E-state index is 0.126. The molecule has 0 aromatic heterocycles. The molecule has 0 saturated heterocycles. The van der Waals surface area contributed by atoms with E-state index in [4.69, 9.17) is 0 Å². The van der Waals surface area contributed by atoms with Crippen molar-refractivity contribution in [1.29, 1.82) is 0 Å². The molecule has 1 saturated carbocycles. The van der Waals surface area contributed by atoms with Gasteiger partial charge in [0.1, 0.15) is 0 Å². The van der Waals surface area contributed by atoms with Gasteiger partial charge in [0, 0.05) is 0 Å². The van der Waals surface area contributed by atoms with Crippen LogP contribution in [0.4, 0.5) is 0 Å². The molecule has 1 radical (unpaired) electrons. The molecule has 1 rings (SSSR count). The highest BCUT2D eigenvalue weighted by Crippen LogP contribution is 2.28. The van der Waals surface area contributed by atoms with Crippen molar-refractivity contribution in [2.75, 3.05) is 6.61 Å². The van der Waals surface area contributed by atoms with E-state index in [0.717, 1.165) is 18.8 Å². The van der Waals surface area contributed by atoms with E-state index in [1.165, 1.54) is 83.5 Å². The molecule has 1 aliphatic rings. The van der Waals surface area contributed by atoms with Gasteiger partial charge in [0.05, 0.1) is 6.61 Å². The van der Waals surface area contributed by atoms with Crippen LogP contribution in [0.25, 0.3) is 0 Å². The topological polar surface area (TPSA) is 19.9 Å². The van der Waals surface area contributed by atoms with Crippen LogP contribution in [0.1, 0.15) is 96.3 Å². The molecule has 0 atom stereocenters. The summed E-state index contributed by atoms with van der Waals surface area (Å²) in [5.41, 5.74) is 0. The van der Waals surface area contributed by atoms with E-state index in [0.29, 0.717) is 0 Å². The van der Waals surface area contributed by atoms with Crippen LogP contribution in [0.2, 0.25) is 0 Å². The van der Waals surface area contributed by atoms with Crippen molar-refractivity contribution in [3.8, 4) is 0 Å². The van der Waals surface area contributed by atoms with E-state index in [2.05, 4.69) is 0 Å². The van der Waals surface area contributed by atoms with Crippen LogP contribution >= 0.6 is 0 Å². The summed E-state index contributed by atoms with van der Waals surface area (Å²) in [6.45, 7) is 0.126. The summed E-state index contributed by atoms with van der Waals surface area (Å²) >= 11 is 0. The van der Waals surface area contributed by atoms with E-state index >= 15 is 0 Å². The first-order valence-corrected chi connectivity index (χ1v) is 8.51. The molecule has 107 valence electrons. The third kappa shape index (κ3) is 8.97. The lowest BCUT2D eigenvalue weighted by Crippen LogP contribution is -2.05. The van der Waals surface area contributed by atoms with Crippen LogP contribution in [0.3, 0.4) is 0 Å². The summed E-state index contributed by atoms with van der Waals surface area (Å²) in [5.74, 6) is 1.07. The molecule has 1 nitrogen and oxygen atoms in total. The Kier molecular flexibility index (Phi) is 10.7. The van der Waals surface area contributed by atoms with Crippen molar-refractivity contribution in [3.05, 3.63) is 0 Å². The molecule has 0 bridgehead atoms. The maximum absolute atomic E-state index is 10.3. The highest BCUT2D eigenvalue weighted by molar-refractivity contribution is 4.65. The van der Waals surface area contributed by atoms with Gasteiger partial charge in [-0.05, 0) is 12.3 Å². The Hall–Kier alpha value is -0.0400. The summed E-state index contributed by atoms with van der Waals surface area (Å²) in [5, 5.41) is 10.3. The van der Waals surface area contributed by atoms with Gasteiger partial charge in [-0.15, -0.1) is 0 Å². The smallest absolute Gasteiger partial charge is 0.0822 e. The van der Waals surface area contributed by atoms with Crippen molar-refractivity contribution in [2.45, 2.75) is 96.3 Å². The first-order chi connectivity index (χ1) is 8.93. The molecular weight excluding hydrogens is 220 g/mol. The normalized spacial score (nSPS) is 17.2. The van der Waals surface area contributed by atoms with Crippen molar-refractivity contribution >= 4 is 0 Å². The molecule has 1 aliphatic carbocycles. The van der Waals surface area contributed by atoms with Gasteiger partial charge in [-0.25, -0.2) is 5.11 Å². The highest BCUT2D eigenvalue weighted by atomic mass is 16.2. The standard InChI is InChI=1S/C17H33O/c18-16-12-7-5-3-1-2-4-6-9-13-17-14-10-8-11-15-17/h17H,1-16H2. The monoisotopic (exact) mass is 253 g/mol. The van der Waals surface area contributed by atoms with Crippen LogP contribution in [0, 0.1) is 5.92 Å². The van der Waals surface area contributed by atoms with Crippen LogP contribution < -0.4 is 0 Å². The van der Waals surface area contributed by atoms with E-state index in [9.17, 15) is 5.11 Å². The van der Waals surface area contributed by atoms with Crippen LogP contribution in [0.15, 0.2) is 0 Å². The fourth-order valence-electron chi connectivity index (χ4n) is 3.25. The lowest BCUT2D eigenvalue weighted by molar-refractivity contribution is 0.186. The summed E-state index contributed by atoms with van der Waals surface area (Å²) in [4.78, 5) is 0. The molecule has 1 heteroatoms. The van der Waals surface area contributed by atoms with Gasteiger partial charge in [0.2, 0.25) is 0 Å². The predicted octanol–water partition coefficient (Wildman–Crippen LogP) is 5.90. The Labute approximate surface area is 114 Å². The lowest BCUT2D eigenvalue weighted by atomic mass is 9.85. The van der Waals surface area contributed by atoms with Gasteiger partial charge in [-0.2, -0.15) is 0 Å². The van der Waals surface area contributed by atoms with E-state index in [1.807, 2.05) is 0 Å². The van der Waals surface area contributed by atoms with Gasteiger partial charge >= 0.3 is 0 Å². The zero-order valence-electron chi connectivity index (χ0n) is 12.3. The lowest BCUT2D eigenvalue weighted by Gasteiger charge is -2.21. The maximum atomic E-state index is 10.3. The van der Waals surface area contributed by atoms with Gasteiger partial charge in [0.15, 0.2) is 0 Å². The first-order valence-electron chi connectivity index (χ1n) is 8.51. The first kappa shape index (κ1) is 16.0. The fraction of sp³-hybridized carbons (Fsp3) is 1.00. The Morgan fingerprint density at radius 1 is 0.611 bits per heavy atom. The molecule has 0 aromatic carbocycles. The van der Waals surface area contributed by atoms with E-state index < -0.39 is 0 Å². The molecule has 0 heterocycles. The molecule has 0 N–H and O–H groups in total. The van der Waals surface area contributed by atoms with E-state index in [1.54, 1.807) is 0 Å². The minimum Gasteiger partial charge on any atom is -0.237 e. The quantitative estimate of drug-likeness (QED) is 0.409. The second kappa shape index (κ2) is 12.0. The molecule has 18 heavy (non-hydrogen) atoms. The molecule has 0 aromatic rings. The van der Waals surface area contributed by atoms with Crippen molar-refractivity contribution < 1.29 is 5.11 Å². The van der Waals surface area contributed by atoms with E-state index in [-0.39, 0.29) is 6.61 Å². The zero-order chi connectivity index (χ0) is 12.9. The minimum atomic E-state index is 0.126. The summed E-state index contributed by atoms with van der Waals surface area (Å²) in [6.07, 6.45) is 20.9. The summed E-state index contributed by atoms with van der Waals surface area (Å²) in [7, 11) is 0. The van der Waals surface area contributed by atoms with Gasteiger partial charge in [-0.1, -0.05) is 89.9 Å². The van der Waals surface area contributed by atoms with Crippen LogP contribution in [-0.4, -0.2) is 6.61 Å². The molecule has 0 amide bonds. The van der Waals surface area contributed by atoms with Gasteiger partial charge in [0.25, 0.3) is 0 Å². The molecule has 0 unspecified atom stereocenters. The zero-order valence-corrected chi connectivity index (χ0v) is 12.3. The second-order valence-electron chi connectivity index (χ2n) is 6.18. The number of unbranched alkanes of at least 4 members (excludes halogenated alkanes) is 8. The third-order valence-electron chi connectivity index (χ3n) is 4.48. The predicted molar refractivity (Wildman–Crippen MR) is 78.3 cm³/mol. The van der Waals surface area contributed by atoms with Gasteiger partial charge in [-0.3, -0.25) is 0 Å². The van der Waals surface area contributed by atoms with Crippen molar-refractivity contribution in [3.63, 3.8) is 0 Å². The summed E-state index contributed by atoms with van der Waals surface area (Å²) in [6, 6.07) is 0. The summed E-state index contributed by atoms with van der Waals surface area (Å²) < 4.78 is 0. The largest absolute Gasteiger partial charge is 0.237 e. The number of rotatable bonds is 11. The molecule has 0 spiro atoms. The van der Waals surface area contributed by atoms with Gasteiger partial charge < -0.3 is 0 Å². The highest BCUT2D eigenvalue weighted by Gasteiger charge is 2.12. The Morgan fingerprint density at radius 2 is 1.11 bits per heavy atom. The second-order valence-corrected chi connectivity index (χ2v) is 6.18. The number of hydrogen-bond donors (Lipinski definition) is 0. The fourth-order valence-corrected chi connectivity index (χ4v) is 3.25. The van der Waals surface area contributed by atoms with Crippen molar-refractivity contribution in [2.24, 2.45) is 5.92 Å². The third-order valence-corrected chi connectivity index (χ3v) is 4.48. The Balaban J connectivity index is 1.73. The average molecular weight is 253 g/mol. The molecular formula is C17H33O. The van der Waals surface area contributed by atoms with Crippen LogP contribution in [0.5, 0.6) is 0 Å².